The lowest BCUT2D eigenvalue weighted by molar-refractivity contribution is 0.161. The summed E-state index contributed by atoms with van der Waals surface area (Å²) in [6.45, 7) is 8.34. The quantitative estimate of drug-likeness (QED) is 0.749. The number of likely N-dealkylation sites (tertiary alicyclic amines) is 1. The Morgan fingerprint density at radius 2 is 1.69 bits per heavy atom. The molecule has 0 aliphatic carbocycles. The monoisotopic (exact) mass is 217 g/mol. The summed E-state index contributed by atoms with van der Waals surface area (Å²) in [5.41, 5.74) is 2.00. The van der Waals surface area contributed by atoms with Crippen LogP contribution in [-0.2, 0) is 5.41 Å². The largest absolute Gasteiger partial charge is 0.304 e. The van der Waals surface area contributed by atoms with Crippen molar-refractivity contribution in [2.24, 2.45) is 0 Å². The van der Waals surface area contributed by atoms with Gasteiger partial charge in [0.2, 0.25) is 0 Å². The third-order valence-electron chi connectivity index (χ3n) is 4.32. The maximum absolute atomic E-state index is 2.57. The van der Waals surface area contributed by atoms with E-state index in [-0.39, 0.29) is 0 Å². The fourth-order valence-electron chi connectivity index (χ4n) is 2.94. The summed E-state index contributed by atoms with van der Waals surface area (Å²) in [5.74, 6) is 0. The van der Waals surface area contributed by atoms with Crippen LogP contribution in [0.4, 0.5) is 0 Å². The molecule has 0 aromatic heterocycles. The first-order valence-electron chi connectivity index (χ1n) is 6.58. The Labute approximate surface area is 99.5 Å². The Morgan fingerprint density at radius 1 is 1.06 bits per heavy atom. The maximum atomic E-state index is 2.57. The van der Waals surface area contributed by atoms with E-state index in [0.29, 0.717) is 5.41 Å². The fourth-order valence-corrected chi connectivity index (χ4v) is 2.94. The van der Waals surface area contributed by atoms with Crippen LogP contribution in [0.5, 0.6) is 0 Å². The molecule has 2 rings (SSSR count). The number of hydrogen-bond donors (Lipinski definition) is 0. The predicted molar refractivity (Wildman–Crippen MR) is 69.8 cm³/mol. The smallest absolute Gasteiger partial charge is 0.00103 e. The average molecular weight is 217 g/mol. The first-order valence-corrected chi connectivity index (χ1v) is 6.58. The van der Waals surface area contributed by atoms with E-state index in [1.165, 1.54) is 38.9 Å². The van der Waals surface area contributed by atoms with Crippen LogP contribution >= 0.6 is 0 Å². The lowest BCUT2D eigenvalue weighted by atomic mass is 9.71. The fraction of sp³-hybridized carbons (Fsp3) is 0.600. The maximum Gasteiger partial charge on any atom is -0.00103 e. The molecule has 1 aromatic rings. The highest BCUT2D eigenvalue weighted by molar-refractivity contribution is 5.26. The van der Waals surface area contributed by atoms with Crippen molar-refractivity contribution in [1.29, 1.82) is 0 Å². The second-order valence-corrected chi connectivity index (χ2v) is 4.93. The first-order chi connectivity index (χ1) is 7.80. The summed E-state index contributed by atoms with van der Waals surface area (Å²) < 4.78 is 0. The first kappa shape index (κ1) is 11.7. The predicted octanol–water partition coefficient (Wildman–Crippen LogP) is 3.45. The van der Waals surface area contributed by atoms with Crippen LogP contribution in [0.25, 0.3) is 0 Å². The molecule has 1 aliphatic rings. The molecule has 0 spiro atoms. The molecule has 1 fully saturated rings. The van der Waals surface area contributed by atoms with Gasteiger partial charge in [0.05, 0.1) is 0 Å². The van der Waals surface area contributed by atoms with Gasteiger partial charge in [-0.05, 0) is 49.9 Å². The molecule has 0 N–H and O–H groups in total. The van der Waals surface area contributed by atoms with E-state index in [9.17, 15) is 0 Å². The molecule has 1 heterocycles. The van der Waals surface area contributed by atoms with Crippen molar-refractivity contribution in [2.75, 3.05) is 19.6 Å². The molecule has 1 aromatic carbocycles. The van der Waals surface area contributed by atoms with Crippen LogP contribution in [-0.4, -0.2) is 24.5 Å². The number of benzene rings is 1. The van der Waals surface area contributed by atoms with Crippen LogP contribution in [0.1, 0.15) is 38.7 Å². The van der Waals surface area contributed by atoms with Crippen molar-refractivity contribution in [1.82, 2.24) is 4.90 Å². The van der Waals surface area contributed by atoms with Crippen molar-refractivity contribution in [3.63, 3.8) is 0 Å². The number of hydrogen-bond acceptors (Lipinski definition) is 1. The highest BCUT2D eigenvalue weighted by Gasteiger charge is 2.33. The standard InChI is InChI=1S/C15H23N/c1-3-15(14-8-6-5-7-9-14)10-12-16(4-2)13-11-15/h5-9H,3-4,10-13H2,1-2H3. The van der Waals surface area contributed by atoms with Crippen molar-refractivity contribution in [2.45, 2.75) is 38.5 Å². The zero-order valence-corrected chi connectivity index (χ0v) is 10.6. The normalized spacial score (nSPS) is 20.9. The van der Waals surface area contributed by atoms with E-state index >= 15 is 0 Å². The van der Waals surface area contributed by atoms with E-state index in [0.717, 1.165) is 0 Å². The van der Waals surface area contributed by atoms with Gasteiger partial charge >= 0.3 is 0 Å². The lowest BCUT2D eigenvalue weighted by Crippen LogP contribution is -2.42. The van der Waals surface area contributed by atoms with Crippen LogP contribution in [0.2, 0.25) is 0 Å². The Morgan fingerprint density at radius 3 is 2.19 bits per heavy atom. The van der Waals surface area contributed by atoms with Crippen molar-refractivity contribution < 1.29 is 0 Å². The minimum absolute atomic E-state index is 0.451. The third-order valence-corrected chi connectivity index (χ3v) is 4.32. The zero-order valence-electron chi connectivity index (χ0n) is 10.6. The topological polar surface area (TPSA) is 3.24 Å². The van der Waals surface area contributed by atoms with Crippen molar-refractivity contribution in [3.8, 4) is 0 Å². The minimum Gasteiger partial charge on any atom is -0.304 e. The highest BCUT2D eigenvalue weighted by Crippen LogP contribution is 2.38. The van der Waals surface area contributed by atoms with Crippen LogP contribution in [0, 0.1) is 0 Å². The summed E-state index contributed by atoms with van der Waals surface area (Å²) >= 11 is 0. The van der Waals surface area contributed by atoms with Gasteiger partial charge in [0.15, 0.2) is 0 Å². The molecule has 0 amide bonds. The lowest BCUT2D eigenvalue weighted by Gasteiger charge is -2.41. The highest BCUT2D eigenvalue weighted by atomic mass is 15.1. The molecule has 0 atom stereocenters. The van der Waals surface area contributed by atoms with Crippen molar-refractivity contribution in [3.05, 3.63) is 35.9 Å². The van der Waals surface area contributed by atoms with Crippen LogP contribution in [0.3, 0.4) is 0 Å². The summed E-state index contributed by atoms with van der Waals surface area (Å²) in [6, 6.07) is 11.1. The van der Waals surface area contributed by atoms with Gasteiger partial charge in [0, 0.05) is 0 Å². The average Bonchev–Trinajstić information content (AvgIpc) is 2.40. The van der Waals surface area contributed by atoms with Gasteiger partial charge in [-0.3, -0.25) is 0 Å². The van der Waals surface area contributed by atoms with Gasteiger partial charge in [-0.25, -0.2) is 0 Å². The molecule has 16 heavy (non-hydrogen) atoms. The number of rotatable bonds is 3. The van der Waals surface area contributed by atoms with E-state index in [1.54, 1.807) is 5.56 Å². The Hall–Kier alpha value is -0.820. The third kappa shape index (κ3) is 2.15. The minimum atomic E-state index is 0.451. The number of nitrogens with zero attached hydrogens (tertiary/aromatic N) is 1. The van der Waals surface area contributed by atoms with E-state index < -0.39 is 0 Å². The van der Waals surface area contributed by atoms with Gasteiger partial charge in [-0.1, -0.05) is 44.2 Å². The molecule has 0 radical (unpaired) electrons. The van der Waals surface area contributed by atoms with E-state index in [4.69, 9.17) is 0 Å². The van der Waals surface area contributed by atoms with Gasteiger partial charge in [-0.15, -0.1) is 0 Å². The molecule has 0 bridgehead atoms. The summed E-state index contributed by atoms with van der Waals surface area (Å²) in [7, 11) is 0. The Kier molecular flexibility index (Phi) is 3.65. The Bertz CT molecular complexity index is 309. The Balaban J connectivity index is 2.16. The molecule has 1 saturated heterocycles. The van der Waals surface area contributed by atoms with Crippen molar-refractivity contribution >= 4 is 0 Å². The molecular formula is C15H23N. The van der Waals surface area contributed by atoms with Crippen LogP contribution < -0.4 is 0 Å². The summed E-state index contributed by atoms with van der Waals surface area (Å²) in [5, 5.41) is 0. The SMILES string of the molecule is CCN1CCC(CC)(c2ccccc2)CC1. The van der Waals surface area contributed by atoms with Gasteiger partial charge in [-0.2, -0.15) is 0 Å². The molecule has 0 unspecified atom stereocenters. The van der Waals surface area contributed by atoms with Gasteiger partial charge < -0.3 is 4.90 Å². The molecule has 0 saturated carbocycles. The van der Waals surface area contributed by atoms with E-state index in [2.05, 4.69) is 49.1 Å². The second-order valence-electron chi connectivity index (χ2n) is 4.93. The molecule has 1 nitrogen and oxygen atoms in total. The molecule has 1 aliphatic heterocycles. The molecular weight excluding hydrogens is 194 g/mol. The second kappa shape index (κ2) is 5.01. The summed E-state index contributed by atoms with van der Waals surface area (Å²) in [4.78, 5) is 2.57. The summed E-state index contributed by atoms with van der Waals surface area (Å²) in [6.07, 6.45) is 3.91. The number of piperidine rings is 1. The van der Waals surface area contributed by atoms with E-state index in [1.807, 2.05) is 0 Å². The van der Waals surface area contributed by atoms with Gasteiger partial charge in [0.25, 0.3) is 0 Å². The molecule has 1 heteroatoms. The molecule has 88 valence electrons. The van der Waals surface area contributed by atoms with Crippen LogP contribution in [0.15, 0.2) is 30.3 Å². The van der Waals surface area contributed by atoms with Gasteiger partial charge in [0.1, 0.15) is 0 Å². The zero-order chi connectivity index (χ0) is 11.4.